The van der Waals surface area contributed by atoms with Gasteiger partial charge in [0.15, 0.2) is 23.1 Å². The molecule has 0 saturated heterocycles. The molecule has 1 N–H and O–H groups in total. The van der Waals surface area contributed by atoms with Gasteiger partial charge in [-0.15, -0.1) is 11.3 Å². The second-order valence-corrected chi connectivity index (χ2v) is 6.24. The number of ether oxygens (including phenoxy) is 1. The molecule has 3 aromatic rings. The number of carbonyl (C=O) groups is 2. The van der Waals surface area contributed by atoms with Crippen LogP contribution in [-0.2, 0) is 9.53 Å². The van der Waals surface area contributed by atoms with Crippen LogP contribution in [-0.4, -0.2) is 23.5 Å². The normalized spacial score (nSPS) is 10.5. The first-order chi connectivity index (χ1) is 12.0. The average Bonchev–Trinajstić information content (AvgIpc) is 3.24. The van der Waals surface area contributed by atoms with Crippen molar-refractivity contribution in [2.24, 2.45) is 0 Å². The molecule has 0 aliphatic rings. The van der Waals surface area contributed by atoms with E-state index in [9.17, 15) is 14.0 Å². The van der Waals surface area contributed by atoms with Crippen LogP contribution in [0.3, 0.4) is 0 Å². The SMILES string of the molecule is Cc1sc(-c2ccco2)nc1C(=O)OCC(=O)Nc1ccc(F)cc1. The molecule has 0 fully saturated rings. The first-order valence-electron chi connectivity index (χ1n) is 7.27. The number of esters is 1. The highest BCUT2D eigenvalue weighted by atomic mass is 32.1. The Balaban J connectivity index is 1.59. The second kappa shape index (κ2) is 7.27. The van der Waals surface area contributed by atoms with Crippen LogP contribution in [0.2, 0.25) is 0 Å². The van der Waals surface area contributed by atoms with Crippen molar-refractivity contribution in [1.82, 2.24) is 4.98 Å². The molecule has 0 bridgehead atoms. The van der Waals surface area contributed by atoms with Gasteiger partial charge in [-0.05, 0) is 43.3 Å². The number of aryl methyl sites for hydroxylation is 1. The summed E-state index contributed by atoms with van der Waals surface area (Å²) < 4.78 is 23.0. The monoisotopic (exact) mass is 360 g/mol. The number of thiazole rings is 1. The van der Waals surface area contributed by atoms with Crippen LogP contribution >= 0.6 is 11.3 Å². The number of nitrogens with zero attached hydrogens (tertiary/aromatic N) is 1. The molecule has 0 spiro atoms. The van der Waals surface area contributed by atoms with Crippen LogP contribution in [0.4, 0.5) is 10.1 Å². The van der Waals surface area contributed by atoms with Crippen LogP contribution in [0.5, 0.6) is 0 Å². The van der Waals surface area contributed by atoms with E-state index in [1.807, 2.05) is 0 Å². The summed E-state index contributed by atoms with van der Waals surface area (Å²) in [4.78, 5) is 28.8. The van der Waals surface area contributed by atoms with Crippen LogP contribution < -0.4 is 5.32 Å². The predicted molar refractivity (Wildman–Crippen MR) is 89.9 cm³/mol. The number of amides is 1. The Hall–Kier alpha value is -3.00. The zero-order chi connectivity index (χ0) is 17.8. The molecular weight excluding hydrogens is 347 g/mol. The molecule has 0 atom stereocenters. The average molecular weight is 360 g/mol. The quantitative estimate of drug-likeness (QED) is 0.703. The maximum atomic E-state index is 12.8. The summed E-state index contributed by atoms with van der Waals surface area (Å²) in [5.41, 5.74) is 0.554. The molecule has 6 nitrogen and oxygen atoms in total. The number of halogens is 1. The van der Waals surface area contributed by atoms with Crippen LogP contribution in [0.1, 0.15) is 15.4 Å². The highest BCUT2D eigenvalue weighted by Crippen LogP contribution is 2.28. The molecule has 3 rings (SSSR count). The van der Waals surface area contributed by atoms with Gasteiger partial charge in [0.25, 0.3) is 5.91 Å². The number of carbonyl (C=O) groups excluding carboxylic acids is 2. The fraction of sp³-hybridized carbons (Fsp3) is 0.118. The number of rotatable bonds is 5. The van der Waals surface area contributed by atoms with Gasteiger partial charge in [0, 0.05) is 10.6 Å². The predicted octanol–water partition coefficient (Wildman–Crippen LogP) is 3.65. The van der Waals surface area contributed by atoms with Gasteiger partial charge >= 0.3 is 5.97 Å². The van der Waals surface area contributed by atoms with Crippen molar-refractivity contribution in [3.8, 4) is 10.8 Å². The third kappa shape index (κ3) is 4.10. The molecule has 1 amide bonds. The van der Waals surface area contributed by atoms with Gasteiger partial charge in [-0.25, -0.2) is 14.2 Å². The molecule has 25 heavy (non-hydrogen) atoms. The molecule has 8 heteroatoms. The largest absolute Gasteiger partial charge is 0.462 e. The number of furan rings is 1. The Morgan fingerprint density at radius 3 is 2.72 bits per heavy atom. The maximum Gasteiger partial charge on any atom is 0.358 e. The number of aromatic nitrogens is 1. The molecule has 0 unspecified atom stereocenters. The molecule has 2 heterocycles. The number of benzene rings is 1. The van der Waals surface area contributed by atoms with E-state index in [4.69, 9.17) is 9.15 Å². The molecule has 128 valence electrons. The highest BCUT2D eigenvalue weighted by Gasteiger charge is 2.19. The lowest BCUT2D eigenvalue weighted by Crippen LogP contribution is -2.21. The molecule has 0 aliphatic carbocycles. The van der Waals surface area contributed by atoms with Crippen LogP contribution in [0.15, 0.2) is 47.1 Å². The van der Waals surface area contributed by atoms with Crippen molar-refractivity contribution in [3.63, 3.8) is 0 Å². The van der Waals surface area contributed by atoms with Crippen molar-refractivity contribution in [1.29, 1.82) is 0 Å². The van der Waals surface area contributed by atoms with Gasteiger partial charge in [-0.1, -0.05) is 0 Å². The summed E-state index contributed by atoms with van der Waals surface area (Å²) in [6, 6.07) is 8.73. The summed E-state index contributed by atoms with van der Waals surface area (Å²) in [5, 5.41) is 3.06. The lowest BCUT2D eigenvalue weighted by molar-refractivity contribution is -0.119. The fourth-order valence-electron chi connectivity index (χ4n) is 2.02. The standard InChI is InChI=1S/C17H13FN2O4S/c1-10-15(20-16(25-10)13-3-2-8-23-13)17(22)24-9-14(21)19-12-6-4-11(18)5-7-12/h2-8H,9H2,1H3,(H,19,21). The summed E-state index contributed by atoms with van der Waals surface area (Å²) in [6.07, 6.45) is 1.52. The van der Waals surface area contributed by atoms with E-state index in [-0.39, 0.29) is 5.69 Å². The van der Waals surface area contributed by atoms with E-state index in [1.165, 1.54) is 41.9 Å². The summed E-state index contributed by atoms with van der Waals surface area (Å²) in [6.45, 7) is 1.27. The fourth-order valence-corrected chi connectivity index (χ4v) is 2.89. The van der Waals surface area contributed by atoms with Crippen molar-refractivity contribution >= 4 is 28.9 Å². The lowest BCUT2D eigenvalue weighted by atomic mass is 10.3. The van der Waals surface area contributed by atoms with Gasteiger partial charge < -0.3 is 14.5 Å². The minimum atomic E-state index is -0.694. The van der Waals surface area contributed by atoms with Gasteiger partial charge in [0.2, 0.25) is 0 Å². The molecule has 0 radical (unpaired) electrons. The molecular formula is C17H13FN2O4S. The van der Waals surface area contributed by atoms with E-state index in [0.717, 1.165) is 0 Å². The van der Waals surface area contributed by atoms with Crippen LogP contribution in [0.25, 0.3) is 10.8 Å². The number of anilines is 1. The van der Waals surface area contributed by atoms with Crippen molar-refractivity contribution < 1.29 is 23.1 Å². The first kappa shape index (κ1) is 16.8. The highest BCUT2D eigenvalue weighted by molar-refractivity contribution is 7.15. The van der Waals surface area contributed by atoms with E-state index in [0.29, 0.717) is 21.3 Å². The Morgan fingerprint density at radius 1 is 1.28 bits per heavy atom. The van der Waals surface area contributed by atoms with Gasteiger partial charge in [0.05, 0.1) is 6.26 Å². The first-order valence-corrected chi connectivity index (χ1v) is 8.08. The zero-order valence-corrected chi connectivity index (χ0v) is 13.9. The Kier molecular flexibility index (Phi) is 4.90. The summed E-state index contributed by atoms with van der Waals surface area (Å²) in [7, 11) is 0. The van der Waals surface area contributed by atoms with E-state index < -0.39 is 24.3 Å². The van der Waals surface area contributed by atoms with Gasteiger partial charge in [-0.2, -0.15) is 0 Å². The van der Waals surface area contributed by atoms with Crippen LogP contribution in [0, 0.1) is 12.7 Å². The molecule has 2 aromatic heterocycles. The van der Waals surface area contributed by atoms with E-state index in [1.54, 1.807) is 19.1 Å². The lowest BCUT2D eigenvalue weighted by Gasteiger charge is -2.06. The van der Waals surface area contributed by atoms with E-state index in [2.05, 4.69) is 10.3 Å². The maximum absolute atomic E-state index is 12.8. The summed E-state index contributed by atoms with van der Waals surface area (Å²) >= 11 is 1.30. The van der Waals surface area contributed by atoms with E-state index >= 15 is 0 Å². The van der Waals surface area contributed by atoms with Gasteiger partial charge in [0.1, 0.15) is 5.82 Å². The number of hydrogen-bond acceptors (Lipinski definition) is 6. The molecule has 1 aromatic carbocycles. The van der Waals surface area contributed by atoms with Crippen molar-refractivity contribution in [2.45, 2.75) is 6.92 Å². The minimum absolute atomic E-state index is 0.144. The Morgan fingerprint density at radius 2 is 2.04 bits per heavy atom. The Bertz CT molecular complexity index is 888. The minimum Gasteiger partial charge on any atom is -0.462 e. The van der Waals surface area contributed by atoms with Crippen molar-refractivity contribution in [3.05, 3.63) is 59.0 Å². The molecule has 0 saturated carbocycles. The third-order valence-electron chi connectivity index (χ3n) is 3.18. The second-order valence-electron chi connectivity index (χ2n) is 5.03. The smallest absolute Gasteiger partial charge is 0.358 e. The topological polar surface area (TPSA) is 81.4 Å². The number of hydrogen-bond donors (Lipinski definition) is 1. The molecule has 0 aliphatic heterocycles. The zero-order valence-electron chi connectivity index (χ0n) is 13.1. The Labute approximate surface area is 146 Å². The number of nitrogens with one attached hydrogen (secondary N) is 1. The third-order valence-corrected chi connectivity index (χ3v) is 4.17. The van der Waals surface area contributed by atoms with Gasteiger partial charge in [-0.3, -0.25) is 4.79 Å². The van der Waals surface area contributed by atoms with Crippen molar-refractivity contribution in [2.75, 3.05) is 11.9 Å². The summed E-state index contributed by atoms with van der Waals surface area (Å²) in [5.74, 6) is -1.07.